The highest BCUT2D eigenvalue weighted by Gasteiger charge is 2.29. The van der Waals surface area contributed by atoms with Crippen LogP contribution < -0.4 is 5.73 Å². The first kappa shape index (κ1) is 14.3. The lowest BCUT2D eigenvalue weighted by Crippen LogP contribution is -2.50. The maximum atomic E-state index is 5.78. The molecule has 0 amide bonds. The Bertz CT molecular complexity index is 239. The molecule has 1 aliphatic heterocycles. The fourth-order valence-corrected chi connectivity index (χ4v) is 3.49. The van der Waals surface area contributed by atoms with Gasteiger partial charge in [-0.1, -0.05) is 6.92 Å². The van der Waals surface area contributed by atoms with E-state index in [1.165, 1.54) is 38.6 Å². The SMILES string of the molecule is CCC1COC(C)CN1CC1CCC(CN)CC1. The van der Waals surface area contributed by atoms with Crippen molar-refractivity contribution in [3.63, 3.8) is 0 Å². The van der Waals surface area contributed by atoms with Crippen LogP contribution in [0.25, 0.3) is 0 Å². The average Bonchev–Trinajstić information content (AvgIpc) is 2.40. The van der Waals surface area contributed by atoms with E-state index in [0.29, 0.717) is 12.1 Å². The normalized spacial score (nSPS) is 38.8. The van der Waals surface area contributed by atoms with Crippen LogP contribution in [0.15, 0.2) is 0 Å². The van der Waals surface area contributed by atoms with Gasteiger partial charge in [0.1, 0.15) is 0 Å². The first-order valence-corrected chi connectivity index (χ1v) is 7.78. The van der Waals surface area contributed by atoms with Crippen molar-refractivity contribution in [3.05, 3.63) is 0 Å². The van der Waals surface area contributed by atoms with Crippen molar-refractivity contribution < 1.29 is 4.74 Å². The second kappa shape index (κ2) is 6.88. The molecule has 18 heavy (non-hydrogen) atoms. The monoisotopic (exact) mass is 254 g/mol. The zero-order chi connectivity index (χ0) is 13.0. The molecule has 0 aromatic heterocycles. The Morgan fingerprint density at radius 2 is 1.83 bits per heavy atom. The molecule has 2 N–H and O–H groups in total. The summed E-state index contributed by atoms with van der Waals surface area (Å²) in [5.74, 6) is 1.69. The van der Waals surface area contributed by atoms with Gasteiger partial charge < -0.3 is 10.5 Å². The van der Waals surface area contributed by atoms with Crippen LogP contribution in [0.4, 0.5) is 0 Å². The first-order chi connectivity index (χ1) is 8.72. The van der Waals surface area contributed by atoms with Crippen LogP contribution in [-0.2, 0) is 4.74 Å². The summed E-state index contributed by atoms with van der Waals surface area (Å²) in [7, 11) is 0. The van der Waals surface area contributed by atoms with Gasteiger partial charge in [0.05, 0.1) is 12.7 Å². The van der Waals surface area contributed by atoms with E-state index in [1.807, 2.05) is 0 Å². The van der Waals surface area contributed by atoms with Crippen molar-refractivity contribution >= 4 is 0 Å². The van der Waals surface area contributed by atoms with Crippen LogP contribution in [0.3, 0.4) is 0 Å². The van der Waals surface area contributed by atoms with Crippen molar-refractivity contribution in [1.82, 2.24) is 4.90 Å². The zero-order valence-electron chi connectivity index (χ0n) is 12.1. The quantitative estimate of drug-likeness (QED) is 0.836. The van der Waals surface area contributed by atoms with Gasteiger partial charge in [0.2, 0.25) is 0 Å². The Kier molecular flexibility index (Phi) is 5.46. The van der Waals surface area contributed by atoms with E-state index in [-0.39, 0.29) is 0 Å². The molecule has 0 aromatic carbocycles. The molecule has 1 saturated carbocycles. The largest absolute Gasteiger partial charge is 0.376 e. The third kappa shape index (κ3) is 3.69. The Labute approximate surface area is 112 Å². The van der Waals surface area contributed by atoms with Crippen molar-refractivity contribution in [2.45, 2.75) is 58.1 Å². The Hall–Kier alpha value is -0.120. The maximum Gasteiger partial charge on any atom is 0.0674 e. The lowest BCUT2D eigenvalue weighted by Gasteiger charge is -2.41. The molecule has 2 atom stereocenters. The van der Waals surface area contributed by atoms with Crippen LogP contribution in [-0.4, -0.2) is 43.3 Å². The van der Waals surface area contributed by atoms with Crippen molar-refractivity contribution in [2.75, 3.05) is 26.2 Å². The third-order valence-corrected chi connectivity index (χ3v) is 4.84. The van der Waals surface area contributed by atoms with Gasteiger partial charge in [-0.05, 0) is 57.4 Å². The molecule has 1 saturated heterocycles. The fraction of sp³-hybridized carbons (Fsp3) is 1.00. The number of nitrogens with two attached hydrogens (primary N) is 1. The van der Waals surface area contributed by atoms with E-state index in [4.69, 9.17) is 10.5 Å². The summed E-state index contributed by atoms with van der Waals surface area (Å²) < 4.78 is 5.78. The minimum Gasteiger partial charge on any atom is -0.376 e. The number of hydrogen-bond acceptors (Lipinski definition) is 3. The van der Waals surface area contributed by atoms with Crippen LogP contribution >= 0.6 is 0 Å². The van der Waals surface area contributed by atoms with Crippen LogP contribution in [0, 0.1) is 11.8 Å². The highest BCUT2D eigenvalue weighted by molar-refractivity contribution is 4.82. The van der Waals surface area contributed by atoms with Gasteiger partial charge >= 0.3 is 0 Å². The van der Waals surface area contributed by atoms with E-state index >= 15 is 0 Å². The van der Waals surface area contributed by atoms with Gasteiger partial charge in [-0.2, -0.15) is 0 Å². The molecule has 0 spiro atoms. The molecule has 1 aliphatic carbocycles. The third-order valence-electron chi connectivity index (χ3n) is 4.84. The summed E-state index contributed by atoms with van der Waals surface area (Å²) >= 11 is 0. The summed E-state index contributed by atoms with van der Waals surface area (Å²) in [4.78, 5) is 2.68. The summed E-state index contributed by atoms with van der Waals surface area (Å²) in [6, 6.07) is 0.647. The standard InChI is InChI=1S/C15H30N2O/c1-3-15-11-18-12(2)9-17(15)10-14-6-4-13(8-16)5-7-14/h12-15H,3-11,16H2,1-2H3. The zero-order valence-corrected chi connectivity index (χ0v) is 12.1. The molecule has 2 unspecified atom stereocenters. The molecule has 106 valence electrons. The van der Waals surface area contributed by atoms with Crippen LogP contribution in [0.2, 0.25) is 0 Å². The van der Waals surface area contributed by atoms with Gasteiger partial charge in [0, 0.05) is 19.1 Å². The molecule has 0 bridgehead atoms. The summed E-state index contributed by atoms with van der Waals surface area (Å²) in [6.07, 6.45) is 7.07. The minimum absolute atomic E-state index is 0.410. The van der Waals surface area contributed by atoms with Crippen LogP contribution in [0.5, 0.6) is 0 Å². The Morgan fingerprint density at radius 3 is 2.44 bits per heavy atom. The molecule has 1 heterocycles. The molecule has 2 aliphatic rings. The van der Waals surface area contributed by atoms with Gasteiger partial charge in [-0.25, -0.2) is 0 Å². The van der Waals surface area contributed by atoms with Crippen molar-refractivity contribution in [3.8, 4) is 0 Å². The molecule has 3 heteroatoms. The van der Waals surface area contributed by atoms with Crippen molar-refractivity contribution in [2.24, 2.45) is 17.6 Å². The molecular weight excluding hydrogens is 224 g/mol. The van der Waals surface area contributed by atoms with Gasteiger partial charge in [-0.3, -0.25) is 4.90 Å². The summed E-state index contributed by atoms with van der Waals surface area (Å²) in [5, 5.41) is 0. The predicted molar refractivity (Wildman–Crippen MR) is 75.6 cm³/mol. The summed E-state index contributed by atoms with van der Waals surface area (Å²) in [6.45, 7) is 8.69. The molecular formula is C15H30N2O. The Balaban J connectivity index is 1.80. The van der Waals surface area contributed by atoms with Crippen LogP contribution in [0.1, 0.15) is 46.0 Å². The van der Waals surface area contributed by atoms with Gasteiger partial charge in [0.15, 0.2) is 0 Å². The predicted octanol–water partition coefficient (Wildman–Crippen LogP) is 2.25. The lowest BCUT2D eigenvalue weighted by atomic mass is 9.81. The highest BCUT2D eigenvalue weighted by Crippen LogP contribution is 2.30. The second-order valence-corrected chi connectivity index (χ2v) is 6.28. The first-order valence-electron chi connectivity index (χ1n) is 7.78. The number of morpholine rings is 1. The molecule has 2 fully saturated rings. The fourth-order valence-electron chi connectivity index (χ4n) is 3.49. The van der Waals surface area contributed by atoms with E-state index in [0.717, 1.165) is 31.5 Å². The smallest absolute Gasteiger partial charge is 0.0674 e. The highest BCUT2D eigenvalue weighted by atomic mass is 16.5. The molecule has 0 aromatic rings. The lowest BCUT2D eigenvalue weighted by molar-refractivity contribution is -0.0625. The van der Waals surface area contributed by atoms with E-state index in [2.05, 4.69) is 18.7 Å². The minimum atomic E-state index is 0.410. The molecule has 3 nitrogen and oxygen atoms in total. The Morgan fingerprint density at radius 1 is 1.17 bits per heavy atom. The second-order valence-electron chi connectivity index (χ2n) is 6.28. The van der Waals surface area contributed by atoms with Gasteiger partial charge in [0.25, 0.3) is 0 Å². The number of nitrogens with zero attached hydrogens (tertiary/aromatic N) is 1. The number of rotatable bonds is 4. The topological polar surface area (TPSA) is 38.5 Å². The van der Waals surface area contributed by atoms with Gasteiger partial charge in [-0.15, -0.1) is 0 Å². The van der Waals surface area contributed by atoms with E-state index < -0.39 is 0 Å². The number of ether oxygens (including phenoxy) is 1. The molecule has 2 rings (SSSR count). The van der Waals surface area contributed by atoms with E-state index in [1.54, 1.807) is 0 Å². The molecule has 0 radical (unpaired) electrons. The summed E-state index contributed by atoms with van der Waals surface area (Å²) in [5.41, 5.74) is 5.77. The van der Waals surface area contributed by atoms with E-state index in [9.17, 15) is 0 Å². The average molecular weight is 254 g/mol. The maximum absolute atomic E-state index is 5.78. The van der Waals surface area contributed by atoms with Crippen molar-refractivity contribution in [1.29, 1.82) is 0 Å². The number of hydrogen-bond donors (Lipinski definition) is 1.